The summed E-state index contributed by atoms with van der Waals surface area (Å²) >= 11 is 0. The number of nitrogens with two attached hydrogens (primary N) is 1. The molecule has 0 fully saturated rings. The molecule has 0 aliphatic heterocycles. The second-order valence-corrected chi connectivity index (χ2v) is 6.12. The van der Waals surface area contributed by atoms with E-state index >= 15 is 0 Å². The summed E-state index contributed by atoms with van der Waals surface area (Å²) in [6.45, 7) is 0.199. The largest absolute Gasteiger partial charge is 0.492 e. The Balaban J connectivity index is 2.10. The molecule has 3 rings (SSSR count). The van der Waals surface area contributed by atoms with Crippen LogP contribution in [0.25, 0.3) is 11.1 Å². The number of nitriles is 2. The molecule has 0 aliphatic carbocycles. The molecular formula is C20H15BN4O4. The molecule has 0 radical (unpaired) electrons. The topological polar surface area (TPSA) is 156 Å². The van der Waals surface area contributed by atoms with Crippen LogP contribution in [0.1, 0.15) is 16.7 Å². The first-order chi connectivity index (χ1) is 14.0. The second-order valence-electron chi connectivity index (χ2n) is 6.12. The molecule has 0 atom stereocenters. The first kappa shape index (κ1) is 19.7. The van der Waals surface area contributed by atoms with Gasteiger partial charge in [-0.05, 0) is 17.2 Å². The third kappa shape index (κ3) is 3.97. The summed E-state index contributed by atoms with van der Waals surface area (Å²) < 4.78 is 5.69. The van der Waals surface area contributed by atoms with Crippen molar-refractivity contribution in [2.45, 2.75) is 6.61 Å². The smallest absolute Gasteiger partial charge is 0.489 e. The molecule has 9 heteroatoms. The molecule has 1 heterocycles. The summed E-state index contributed by atoms with van der Waals surface area (Å²) in [6.07, 6.45) is 0. The van der Waals surface area contributed by atoms with Gasteiger partial charge >= 0.3 is 7.12 Å². The van der Waals surface area contributed by atoms with Gasteiger partial charge in [0, 0.05) is 11.0 Å². The molecular weight excluding hydrogens is 371 g/mol. The average molecular weight is 386 g/mol. The van der Waals surface area contributed by atoms with Crippen molar-refractivity contribution in [3.05, 3.63) is 75.6 Å². The van der Waals surface area contributed by atoms with Gasteiger partial charge in [0.25, 0.3) is 5.56 Å². The van der Waals surface area contributed by atoms with Crippen LogP contribution in [-0.4, -0.2) is 22.2 Å². The van der Waals surface area contributed by atoms with Crippen LogP contribution in [-0.2, 0) is 6.61 Å². The van der Waals surface area contributed by atoms with Crippen LogP contribution >= 0.6 is 0 Å². The number of nitrogens with one attached hydrogen (secondary N) is 1. The van der Waals surface area contributed by atoms with E-state index in [0.717, 1.165) is 5.56 Å². The minimum Gasteiger partial charge on any atom is -0.489 e. The molecule has 0 saturated heterocycles. The van der Waals surface area contributed by atoms with Crippen molar-refractivity contribution >= 4 is 18.4 Å². The number of rotatable bonds is 5. The summed E-state index contributed by atoms with van der Waals surface area (Å²) in [5, 5.41) is 38.4. The predicted molar refractivity (Wildman–Crippen MR) is 107 cm³/mol. The zero-order chi connectivity index (χ0) is 21.0. The third-order valence-corrected chi connectivity index (χ3v) is 4.28. The summed E-state index contributed by atoms with van der Waals surface area (Å²) in [6, 6.07) is 17.3. The first-order valence-electron chi connectivity index (χ1n) is 8.49. The monoisotopic (exact) mass is 386 g/mol. The number of anilines is 1. The highest BCUT2D eigenvalue weighted by molar-refractivity contribution is 6.59. The Morgan fingerprint density at radius 1 is 1.07 bits per heavy atom. The van der Waals surface area contributed by atoms with Crippen LogP contribution < -0.4 is 21.5 Å². The molecule has 29 heavy (non-hydrogen) atoms. The summed E-state index contributed by atoms with van der Waals surface area (Å²) in [7, 11) is -1.88. The molecule has 1 aromatic heterocycles. The first-order valence-corrected chi connectivity index (χ1v) is 8.49. The van der Waals surface area contributed by atoms with Crippen molar-refractivity contribution in [1.82, 2.24) is 4.98 Å². The minimum atomic E-state index is -1.88. The van der Waals surface area contributed by atoms with Gasteiger partial charge in [0.1, 0.15) is 41.4 Å². The normalized spacial score (nSPS) is 10.1. The van der Waals surface area contributed by atoms with Crippen LogP contribution in [0.2, 0.25) is 0 Å². The van der Waals surface area contributed by atoms with Crippen LogP contribution in [0.4, 0.5) is 5.82 Å². The van der Waals surface area contributed by atoms with Gasteiger partial charge in [-0.2, -0.15) is 10.5 Å². The summed E-state index contributed by atoms with van der Waals surface area (Å²) in [5.41, 5.74) is 5.78. The van der Waals surface area contributed by atoms with E-state index in [9.17, 15) is 25.4 Å². The van der Waals surface area contributed by atoms with Crippen molar-refractivity contribution < 1.29 is 14.8 Å². The molecule has 0 spiro atoms. The lowest BCUT2D eigenvalue weighted by atomic mass is 9.77. The Labute approximate surface area is 166 Å². The lowest BCUT2D eigenvalue weighted by molar-refractivity contribution is 0.306. The van der Waals surface area contributed by atoms with E-state index in [1.54, 1.807) is 6.07 Å². The molecule has 3 aromatic rings. The third-order valence-electron chi connectivity index (χ3n) is 4.28. The Bertz CT molecular complexity index is 1190. The number of hydrogen-bond donors (Lipinski definition) is 4. The van der Waals surface area contributed by atoms with E-state index in [2.05, 4.69) is 4.98 Å². The van der Waals surface area contributed by atoms with Gasteiger partial charge in [0.05, 0.1) is 0 Å². The predicted octanol–water partition coefficient (Wildman–Crippen LogP) is 0.626. The van der Waals surface area contributed by atoms with Gasteiger partial charge in [-0.25, -0.2) is 0 Å². The van der Waals surface area contributed by atoms with Gasteiger partial charge in [0.15, 0.2) is 0 Å². The number of aromatic nitrogens is 1. The molecule has 0 bridgehead atoms. The summed E-state index contributed by atoms with van der Waals surface area (Å²) in [4.78, 5) is 14.3. The van der Waals surface area contributed by atoms with E-state index in [1.165, 1.54) is 18.2 Å². The van der Waals surface area contributed by atoms with Gasteiger partial charge < -0.3 is 25.5 Å². The van der Waals surface area contributed by atoms with E-state index < -0.39 is 12.7 Å². The highest BCUT2D eigenvalue weighted by Gasteiger charge is 2.23. The van der Waals surface area contributed by atoms with Crippen LogP contribution in [0.15, 0.2) is 53.3 Å². The average Bonchev–Trinajstić information content (AvgIpc) is 2.72. The Morgan fingerprint density at radius 3 is 2.38 bits per heavy atom. The van der Waals surface area contributed by atoms with E-state index in [1.807, 2.05) is 36.4 Å². The maximum absolute atomic E-state index is 12.1. The number of pyridine rings is 1. The molecule has 0 amide bonds. The van der Waals surface area contributed by atoms with E-state index in [4.69, 9.17) is 10.5 Å². The van der Waals surface area contributed by atoms with Crippen LogP contribution in [0.3, 0.4) is 0 Å². The highest BCUT2D eigenvalue weighted by atomic mass is 16.5. The number of nitrogens with zero attached hydrogens (tertiary/aromatic N) is 2. The molecule has 8 nitrogen and oxygen atoms in total. The van der Waals surface area contributed by atoms with Gasteiger partial charge in [0.2, 0.25) is 0 Å². The van der Waals surface area contributed by atoms with Crippen molar-refractivity contribution in [3.63, 3.8) is 0 Å². The minimum absolute atomic E-state index is 0.0186. The van der Waals surface area contributed by atoms with Gasteiger partial charge in [-0.15, -0.1) is 0 Å². The zero-order valence-electron chi connectivity index (χ0n) is 15.1. The maximum Gasteiger partial charge on any atom is 0.492 e. The van der Waals surface area contributed by atoms with Crippen molar-refractivity contribution in [1.29, 1.82) is 10.5 Å². The number of benzene rings is 2. The van der Waals surface area contributed by atoms with Crippen LogP contribution in [0.5, 0.6) is 5.75 Å². The Kier molecular flexibility index (Phi) is 5.65. The Hall–Kier alpha value is -4.05. The second kappa shape index (κ2) is 8.32. The molecule has 0 unspecified atom stereocenters. The number of hydrogen-bond acceptors (Lipinski definition) is 7. The van der Waals surface area contributed by atoms with Gasteiger partial charge in [-0.3, -0.25) is 4.79 Å². The van der Waals surface area contributed by atoms with E-state index in [-0.39, 0.29) is 45.9 Å². The number of ether oxygens (including phenoxy) is 1. The van der Waals surface area contributed by atoms with Gasteiger partial charge in [-0.1, -0.05) is 42.5 Å². The number of nitrogen functional groups attached to an aromatic ring is 1. The zero-order valence-corrected chi connectivity index (χ0v) is 15.1. The summed E-state index contributed by atoms with van der Waals surface area (Å²) in [5.74, 6) is 0.0319. The highest BCUT2D eigenvalue weighted by Crippen LogP contribution is 2.29. The van der Waals surface area contributed by atoms with E-state index in [0.29, 0.717) is 0 Å². The number of aromatic amines is 1. The molecule has 5 N–H and O–H groups in total. The molecule has 2 aromatic carbocycles. The molecule has 0 aliphatic rings. The van der Waals surface area contributed by atoms with Crippen LogP contribution in [0, 0.1) is 22.7 Å². The maximum atomic E-state index is 12.1. The lowest BCUT2D eigenvalue weighted by Crippen LogP contribution is -2.31. The fourth-order valence-corrected chi connectivity index (χ4v) is 2.90. The number of H-pyrrole nitrogens is 1. The standard InChI is InChI=1S/C20H15BN4O4/c22-9-14-18(15(10-23)20(26)25-19(14)24)13-6-7-17(16(8-13)21(27)28)29-11-12-4-2-1-3-5-12/h1-8,27-28H,11H2,(H3,24,25,26). The molecule has 0 saturated carbocycles. The Morgan fingerprint density at radius 2 is 1.76 bits per heavy atom. The molecule has 142 valence electrons. The SMILES string of the molecule is N#Cc1c(N)[nH]c(=O)c(C#N)c1-c1ccc(OCc2ccccc2)c(B(O)O)c1. The van der Waals surface area contributed by atoms with Crippen molar-refractivity contribution in [2.75, 3.05) is 5.73 Å². The van der Waals surface area contributed by atoms with Crippen molar-refractivity contribution in [3.8, 4) is 29.0 Å². The fourth-order valence-electron chi connectivity index (χ4n) is 2.90. The van der Waals surface area contributed by atoms with Crippen molar-refractivity contribution in [2.24, 2.45) is 0 Å². The lowest BCUT2D eigenvalue weighted by Gasteiger charge is -2.14. The quantitative estimate of drug-likeness (QED) is 0.469. The fraction of sp³-hybridized carbons (Fsp3) is 0.0500.